The maximum absolute atomic E-state index is 7.36. The highest BCUT2D eigenvalue weighted by atomic mass is 16.6. The summed E-state index contributed by atoms with van der Waals surface area (Å²) in [6.07, 6.45) is 0. The van der Waals surface area contributed by atoms with E-state index >= 15 is 0 Å². The van der Waals surface area contributed by atoms with Crippen molar-refractivity contribution in [3.8, 4) is 0 Å². The van der Waals surface area contributed by atoms with Crippen LogP contribution in [0.15, 0.2) is 0 Å². The monoisotopic (exact) mass is 707 g/mol. The van der Waals surface area contributed by atoms with Gasteiger partial charge >= 0.3 is 0 Å². The van der Waals surface area contributed by atoms with Crippen molar-refractivity contribution in [1.82, 2.24) is 0 Å². The van der Waals surface area contributed by atoms with E-state index in [1.807, 2.05) is 0 Å². The van der Waals surface area contributed by atoms with E-state index < -0.39 is 16.8 Å². The van der Waals surface area contributed by atoms with E-state index in [2.05, 4.69) is 180 Å². The maximum atomic E-state index is 7.36. The van der Waals surface area contributed by atoms with Gasteiger partial charge in [-0.2, -0.15) is 0 Å². The van der Waals surface area contributed by atoms with Crippen LogP contribution in [0.1, 0.15) is 180 Å². The summed E-state index contributed by atoms with van der Waals surface area (Å²) in [7, 11) is 0. The Hall–Kier alpha value is -0.200. The molecule has 0 aromatic carbocycles. The van der Waals surface area contributed by atoms with Crippen molar-refractivity contribution in [1.29, 1.82) is 0 Å². The summed E-state index contributed by atoms with van der Waals surface area (Å²) in [6.45, 7) is 62.8. The van der Waals surface area contributed by atoms with Gasteiger partial charge in [0.05, 0.1) is 60.0 Å². The zero-order valence-electron chi connectivity index (χ0n) is 38.4. The normalized spacial score (nSPS) is 40.9. The Balaban J connectivity index is 1.90. The fourth-order valence-electron chi connectivity index (χ4n) is 11.0. The van der Waals surface area contributed by atoms with Crippen LogP contribution in [0.4, 0.5) is 0 Å². The van der Waals surface area contributed by atoms with Crippen molar-refractivity contribution >= 4 is 0 Å². The molecule has 3 heterocycles. The molecule has 0 saturated carbocycles. The van der Waals surface area contributed by atoms with Crippen molar-refractivity contribution in [2.45, 2.75) is 214 Å². The minimum Gasteiger partial charge on any atom is -0.378 e. The summed E-state index contributed by atoms with van der Waals surface area (Å²) in [5.74, 6) is 0. The molecule has 0 radical (unpaired) electrons. The molecule has 5 nitrogen and oxygen atoms in total. The standard InChI is InChI=1S/C45H86O5/c1-31(2)32(3,4)39(17,18)49-44(25,36(31,11)12)29-47-28-43(24)35(9,10)37(13,14)45(26,50-41(43,21)22)30-46-27-42(23)34(7,8)33(5,6)38(15,16)48-40(42,19)20/h27-30H2,1-26H3/t42-,43-,44-,45-/m0/s1. The quantitative estimate of drug-likeness (QED) is 0.251. The maximum Gasteiger partial charge on any atom is 0.0950 e. The first-order valence-corrected chi connectivity index (χ1v) is 19.8. The van der Waals surface area contributed by atoms with Gasteiger partial charge in [-0.25, -0.2) is 0 Å². The Morgan fingerprint density at radius 1 is 0.260 bits per heavy atom. The van der Waals surface area contributed by atoms with Crippen LogP contribution in [0, 0.1) is 48.7 Å². The molecule has 3 saturated heterocycles. The van der Waals surface area contributed by atoms with Crippen molar-refractivity contribution in [2.24, 2.45) is 48.7 Å². The van der Waals surface area contributed by atoms with Gasteiger partial charge in [0.1, 0.15) is 0 Å². The van der Waals surface area contributed by atoms with Crippen LogP contribution < -0.4 is 0 Å². The zero-order valence-corrected chi connectivity index (χ0v) is 38.4. The molecular formula is C45H86O5. The van der Waals surface area contributed by atoms with Crippen molar-refractivity contribution < 1.29 is 23.7 Å². The second-order valence-corrected chi connectivity index (χ2v) is 23.8. The van der Waals surface area contributed by atoms with Gasteiger partial charge in [0, 0.05) is 21.7 Å². The molecule has 50 heavy (non-hydrogen) atoms. The molecule has 5 heteroatoms. The largest absolute Gasteiger partial charge is 0.378 e. The second-order valence-electron chi connectivity index (χ2n) is 23.8. The Morgan fingerprint density at radius 3 is 0.900 bits per heavy atom. The molecule has 3 aliphatic heterocycles. The highest BCUT2D eigenvalue weighted by molar-refractivity contribution is 5.19. The summed E-state index contributed by atoms with van der Waals surface area (Å²) in [5.41, 5.74) is -3.85. The highest BCUT2D eigenvalue weighted by Gasteiger charge is 2.72. The molecule has 0 aromatic rings. The first kappa shape index (κ1) is 44.2. The smallest absolute Gasteiger partial charge is 0.0950 e. The van der Waals surface area contributed by atoms with Gasteiger partial charge in [0.2, 0.25) is 0 Å². The summed E-state index contributed by atoms with van der Waals surface area (Å²) in [5, 5.41) is 0. The van der Waals surface area contributed by atoms with E-state index in [1.54, 1.807) is 0 Å². The molecule has 0 aliphatic carbocycles. The Labute approximate surface area is 311 Å². The van der Waals surface area contributed by atoms with E-state index in [0.717, 1.165) is 0 Å². The molecule has 0 spiro atoms. The number of hydrogen-bond donors (Lipinski definition) is 0. The molecular weight excluding hydrogens is 620 g/mol. The molecule has 4 atom stereocenters. The first-order valence-electron chi connectivity index (χ1n) is 19.8. The number of hydrogen-bond acceptors (Lipinski definition) is 5. The third-order valence-corrected chi connectivity index (χ3v) is 20.3. The molecule has 3 aliphatic rings. The van der Waals surface area contributed by atoms with Crippen LogP contribution in [0.5, 0.6) is 0 Å². The van der Waals surface area contributed by atoms with E-state index in [4.69, 9.17) is 23.7 Å². The van der Waals surface area contributed by atoms with Crippen molar-refractivity contribution in [2.75, 3.05) is 26.4 Å². The van der Waals surface area contributed by atoms with Gasteiger partial charge in [-0.15, -0.1) is 0 Å². The molecule has 0 amide bonds. The van der Waals surface area contributed by atoms with E-state index in [9.17, 15) is 0 Å². The molecule has 0 aromatic heterocycles. The fourth-order valence-corrected chi connectivity index (χ4v) is 11.0. The fraction of sp³-hybridized carbons (Fsp3) is 1.00. The summed E-state index contributed by atoms with van der Waals surface area (Å²) in [6, 6.07) is 0. The van der Waals surface area contributed by atoms with Gasteiger partial charge in [0.15, 0.2) is 0 Å². The molecule has 0 bridgehead atoms. The molecule has 0 N–H and O–H groups in total. The molecule has 296 valence electrons. The minimum absolute atomic E-state index is 0.00272. The Morgan fingerprint density at radius 2 is 0.520 bits per heavy atom. The molecule has 3 fully saturated rings. The lowest BCUT2D eigenvalue weighted by atomic mass is 9.43. The first-order chi connectivity index (χ1) is 21.5. The average Bonchev–Trinajstić information content (AvgIpc) is 2.88. The van der Waals surface area contributed by atoms with Crippen LogP contribution in [0.3, 0.4) is 0 Å². The third kappa shape index (κ3) is 5.21. The topological polar surface area (TPSA) is 46.2 Å². The molecule has 0 unspecified atom stereocenters. The SMILES string of the molecule is CC1(C)O[C@@](C)(COC[C@]2(C)C(C)(C)O[C@@](C)(COC[C@]3(C)C(C)(C)OC(C)(C)C(C)(C)C3(C)C)C(C)(C)C2(C)C)C(C)(C)C(C)(C)C1(C)C. The number of ether oxygens (including phenoxy) is 5. The lowest BCUT2D eigenvalue weighted by Gasteiger charge is -2.71. The Kier molecular flexibility index (Phi) is 10.1. The van der Waals surface area contributed by atoms with Crippen LogP contribution in [-0.4, -0.2) is 60.0 Å². The van der Waals surface area contributed by atoms with Gasteiger partial charge in [-0.05, 0) is 96.3 Å². The molecule has 3 rings (SSSR count). The van der Waals surface area contributed by atoms with E-state index in [-0.39, 0.29) is 65.5 Å². The van der Waals surface area contributed by atoms with Crippen LogP contribution in [0.2, 0.25) is 0 Å². The van der Waals surface area contributed by atoms with Crippen molar-refractivity contribution in [3.63, 3.8) is 0 Å². The van der Waals surface area contributed by atoms with E-state index in [0.29, 0.717) is 26.4 Å². The lowest BCUT2D eigenvalue weighted by molar-refractivity contribution is -0.367. The average molecular weight is 707 g/mol. The van der Waals surface area contributed by atoms with Gasteiger partial charge in [-0.1, -0.05) is 111 Å². The predicted molar refractivity (Wildman–Crippen MR) is 211 cm³/mol. The van der Waals surface area contributed by atoms with Crippen LogP contribution in [0.25, 0.3) is 0 Å². The minimum atomic E-state index is -0.547. The Bertz CT molecular complexity index is 1290. The van der Waals surface area contributed by atoms with Gasteiger partial charge in [0.25, 0.3) is 0 Å². The van der Waals surface area contributed by atoms with Crippen LogP contribution >= 0.6 is 0 Å². The zero-order chi connectivity index (χ0) is 39.9. The lowest BCUT2D eigenvalue weighted by Crippen LogP contribution is -2.74. The summed E-state index contributed by atoms with van der Waals surface area (Å²) >= 11 is 0. The summed E-state index contributed by atoms with van der Waals surface area (Å²) < 4.78 is 35.3. The third-order valence-electron chi connectivity index (χ3n) is 20.3. The summed E-state index contributed by atoms with van der Waals surface area (Å²) in [4.78, 5) is 0. The van der Waals surface area contributed by atoms with Crippen molar-refractivity contribution in [3.05, 3.63) is 0 Å². The predicted octanol–water partition coefficient (Wildman–Crippen LogP) is 11.9. The van der Waals surface area contributed by atoms with Crippen LogP contribution in [-0.2, 0) is 23.7 Å². The second kappa shape index (κ2) is 11.4. The highest BCUT2D eigenvalue weighted by Crippen LogP contribution is 2.70. The van der Waals surface area contributed by atoms with Gasteiger partial charge in [-0.3, -0.25) is 0 Å². The van der Waals surface area contributed by atoms with Gasteiger partial charge < -0.3 is 23.7 Å². The van der Waals surface area contributed by atoms with E-state index in [1.165, 1.54) is 0 Å². The number of rotatable bonds is 8.